The quantitative estimate of drug-likeness (QED) is 0.763. The number of morpholine rings is 1. The molecule has 0 aliphatic carbocycles. The van der Waals surface area contributed by atoms with Gasteiger partial charge in [-0.15, -0.1) is 0 Å². The van der Waals surface area contributed by atoms with E-state index >= 15 is 0 Å². The number of anilines is 1. The van der Waals surface area contributed by atoms with Crippen LogP contribution in [0.1, 0.15) is 16.7 Å². The third-order valence-electron chi connectivity index (χ3n) is 4.92. The minimum absolute atomic E-state index is 0.416. The SMILES string of the molecule is Cc1cc(C)c(S(=O)(=O)N(CCN2CCOCC2)c2ccccc2)c(C)c1. The molecule has 2 aromatic rings. The van der Waals surface area contributed by atoms with E-state index in [1.54, 1.807) is 4.31 Å². The van der Waals surface area contributed by atoms with Gasteiger partial charge in [0.15, 0.2) is 0 Å². The Bertz CT molecular complexity index is 853. The van der Waals surface area contributed by atoms with Crippen LogP contribution in [0.3, 0.4) is 0 Å². The van der Waals surface area contributed by atoms with Gasteiger partial charge >= 0.3 is 0 Å². The van der Waals surface area contributed by atoms with E-state index in [1.165, 1.54) is 0 Å². The van der Waals surface area contributed by atoms with Gasteiger partial charge in [0.25, 0.3) is 10.0 Å². The second-order valence-electron chi connectivity index (χ2n) is 7.09. The Balaban J connectivity index is 1.96. The van der Waals surface area contributed by atoms with Crippen molar-refractivity contribution in [3.63, 3.8) is 0 Å². The molecule has 3 rings (SSSR count). The van der Waals surface area contributed by atoms with Crippen molar-refractivity contribution in [2.24, 2.45) is 0 Å². The molecule has 5 nitrogen and oxygen atoms in total. The first-order valence-corrected chi connectivity index (χ1v) is 10.8. The summed E-state index contributed by atoms with van der Waals surface area (Å²) in [5.41, 5.74) is 3.35. The lowest BCUT2D eigenvalue weighted by Gasteiger charge is -2.31. The first kappa shape index (κ1) is 19.9. The van der Waals surface area contributed by atoms with Gasteiger partial charge in [-0.1, -0.05) is 35.9 Å². The van der Waals surface area contributed by atoms with Crippen LogP contribution >= 0.6 is 0 Å². The summed E-state index contributed by atoms with van der Waals surface area (Å²) >= 11 is 0. The van der Waals surface area contributed by atoms with Gasteiger partial charge in [0, 0.05) is 26.2 Å². The van der Waals surface area contributed by atoms with Gasteiger partial charge in [0.05, 0.1) is 23.8 Å². The smallest absolute Gasteiger partial charge is 0.264 e. The average molecular weight is 389 g/mol. The van der Waals surface area contributed by atoms with Crippen molar-refractivity contribution in [2.75, 3.05) is 43.7 Å². The maximum absolute atomic E-state index is 13.6. The zero-order valence-electron chi connectivity index (χ0n) is 16.3. The molecule has 0 atom stereocenters. The first-order chi connectivity index (χ1) is 12.9. The number of para-hydroxylation sites is 1. The minimum Gasteiger partial charge on any atom is -0.379 e. The Kier molecular flexibility index (Phi) is 6.19. The fourth-order valence-corrected chi connectivity index (χ4v) is 5.60. The van der Waals surface area contributed by atoms with Crippen molar-refractivity contribution < 1.29 is 13.2 Å². The largest absolute Gasteiger partial charge is 0.379 e. The van der Waals surface area contributed by atoms with Gasteiger partial charge in [0.2, 0.25) is 0 Å². The van der Waals surface area contributed by atoms with E-state index in [0.29, 0.717) is 36.9 Å². The predicted octanol–water partition coefficient (Wildman–Crippen LogP) is 3.14. The number of nitrogens with zero attached hydrogens (tertiary/aromatic N) is 2. The third kappa shape index (κ3) is 4.51. The summed E-state index contributed by atoms with van der Waals surface area (Å²) in [4.78, 5) is 2.67. The Morgan fingerprint density at radius 2 is 1.59 bits per heavy atom. The molecular weight excluding hydrogens is 360 g/mol. The normalized spacial score (nSPS) is 15.7. The van der Waals surface area contributed by atoms with Gasteiger partial charge < -0.3 is 4.74 Å². The van der Waals surface area contributed by atoms with Crippen molar-refractivity contribution in [1.82, 2.24) is 4.90 Å². The van der Waals surface area contributed by atoms with Crippen LogP contribution in [0.15, 0.2) is 47.4 Å². The molecule has 2 aromatic carbocycles. The van der Waals surface area contributed by atoms with Gasteiger partial charge in [-0.3, -0.25) is 9.21 Å². The molecule has 0 spiro atoms. The number of hydrogen-bond acceptors (Lipinski definition) is 4. The minimum atomic E-state index is -3.66. The molecule has 1 heterocycles. The molecule has 27 heavy (non-hydrogen) atoms. The fourth-order valence-electron chi connectivity index (χ4n) is 3.72. The topological polar surface area (TPSA) is 49.9 Å². The fraction of sp³-hybridized carbons (Fsp3) is 0.429. The van der Waals surface area contributed by atoms with Crippen LogP contribution in [-0.2, 0) is 14.8 Å². The zero-order valence-corrected chi connectivity index (χ0v) is 17.1. The monoisotopic (exact) mass is 388 g/mol. The van der Waals surface area contributed by atoms with Crippen molar-refractivity contribution >= 4 is 15.7 Å². The number of benzene rings is 2. The first-order valence-electron chi connectivity index (χ1n) is 9.35. The van der Waals surface area contributed by atoms with E-state index in [4.69, 9.17) is 4.74 Å². The van der Waals surface area contributed by atoms with Crippen LogP contribution in [0.4, 0.5) is 5.69 Å². The average Bonchev–Trinajstić information content (AvgIpc) is 2.62. The van der Waals surface area contributed by atoms with Crippen LogP contribution in [0.5, 0.6) is 0 Å². The van der Waals surface area contributed by atoms with E-state index in [2.05, 4.69) is 4.90 Å². The molecule has 0 amide bonds. The zero-order chi connectivity index (χ0) is 19.4. The summed E-state index contributed by atoms with van der Waals surface area (Å²) in [5.74, 6) is 0. The molecule has 1 saturated heterocycles. The summed E-state index contributed by atoms with van der Waals surface area (Å²) in [6.45, 7) is 9.92. The molecule has 0 bridgehead atoms. The Morgan fingerprint density at radius 3 is 2.19 bits per heavy atom. The molecule has 146 valence electrons. The number of sulfonamides is 1. The molecular formula is C21H28N2O3S. The molecule has 0 aromatic heterocycles. The number of aryl methyl sites for hydroxylation is 3. The Labute approximate surface area is 162 Å². The molecule has 1 fully saturated rings. The van der Waals surface area contributed by atoms with Crippen LogP contribution in [0.25, 0.3) is 0 Å². The highest BCUT2D eigenvalue weighted by Crippen LogP contribution is 2.29. The highest BCUT2D eigenvalue weighted by Gasteiger charge is 2.28. The predicted molar refractivity (Wildman–Crippen MR) is 109 cm³/mol. The van der Waals surface area contributed by atoms with Crippen molar-refractivity contribution in [3.05, 3.63) is 59.2 Å². The Morgan fingerprint density at radius 1 is 1.00 bits per heavy atom. The standard InChI is InChI=1S/C21H28N2O3S/c1-17-15-18(2)21(19(3)16-17)27(24,25)23(20-7-5-4-6-8-20)10-9-22-11-13-26-14-12-22/h4-8,15-16H,9-14H2,1-3H3. The highest BCUT2D eigenvalue weighted by atomic mass is 32.2. The lowest BCUT2D eigenvalue weighted by molar-refractivity contribution is 0.0395. The lowest BCUT2D eigenvalue weighted by Crippen LogP contribution is -2.43. The second-order valence-corrected chi connectivity index (χ2v) is 8.89. The van der Waals surface area contributed by atoms with E-state index in [-0.39, 0.29) is 0 Å². The molecule has 0 saturated carbocycles. The van der Waals surface area contributed by atoms with Crippen molar-refractivity contribution in [3.8, 4) is 0 Å². The summed E-state index contributed by atoms with van der Waals surface area (Å²) in [5, 5.41) is 0. The third-order valence-corrected chi connectivity index (χ3v) is 7.05. The van der Waals surface area contributed by atoms with E-state index < -0.39 is 10.0 Å². The van der Waals surface area contributed by atoms with Crippen molar-refractivity contribution in [1.29, 1.82) is 0 Å². The maximum atomic E-state index is 13.6. The van der Waals surface area contributed by atoms with E-state index in [1.807, 2.05) is 63.2 Å². The van der Waals surface area contributed by atoms with Gasteiger partial charge in [0.1, 0.15) is 0 Å². The summed E-state index contributed by atoms with van der Waals surface area (Å²) in [6, 6.07) is 13.2. The highest BCUT2D eigenvalue weighted by molar-refractivity contribution is 7.93. The lowest BCUT2D eigenvalue weighted by atomic mass is 10.1. The van der Waals surface area contributed by atoms with Crippen molar-refractivity contribution in [2.45, 2.75) is 25.7 Å². The van der Waals surface area contributed by atoms with Crippen LogP contribution < -0.4 is 4.31 Å². The van der Waals surface area contributed by atoms with Crippen LogP contribution in [0.2, 0.25) is 0 Å². The molecule has 0 unspecified atom stereocenters. The second kappa shape index (κ2) is 8.42. The summed E-state index contributed by atoms with van der Waals surface area (Å²) in [6.07, 6.45) is 0. The van der Waals surface area contributed by atoms with Gasteiger partial charge in [-0.05, 0) is 44.0 Å². The number of ether oxygens (including phenoxy) is 1. The molecule has 1 aliphatic heterocycles. The molecule has 0 N–H and O–H groups in total. The molecule has 1 aliphatic rings. The van der Waals surface area contributed by atoms with E-state index in [0.717, 1.165) is 29.8 Å². The van der Waals surface area contributed by atoms with Gasteiger partial charge in [-0.2, -0.15) is 0 Å². The maximum Gasteiger partial charge on any atom is 0.264 e. The molecule has 6 heteroatoms. The Hall–Kier alpha value is -1.89. The number of rotatable bonds is 6. The summed E-state index contributed by atoms with van der Waals surface area (Å²) < 4.78 is 34.2. The van der Waals surface area contributed by atoms with Crippen LogP contribution in [-0.4, -0.2) is 52.7 Å². The number of hydrogen-bond donors (Lipinski definition) is 0. The summed E-state index contributed by atoms with van der Waals surface area (Å²) in [7, 11) is -3.66. The molecule has 0 radical (unpaired) electrons. The van der Waals surface area contributed by atoms with E-state index in [9.17, 15) is 8.42 Å². The van der Waals surface area contributed by atoms with Gasteiger partial charge in [-0.25, -0.2) is 8.42 Å². The van der Waals surface area contributed by atoms with Crippen LogP contribution in [0, 0.1) is 20.8 Å².